The highest BCUT2D eigenvalue weighted by molar-refractivity contribution is 8.13. The largest absolute Gasteiger partial charge is 0.573 e. The predicted molar refractivity (Wildman–Crippen MR) is 51.2 cm³/mol. The first-order valence-corrected chi connectivity index (χ1v) is 6.29. The molecular weight excluding hydrogens is 292 g/mol. The first-order chi connectivity index (χ1) is 7.11. The van der Waals surface area contributed by atoms with E-state index in [2.05, 4.69) is 4.74 Å². The van der Waals surface area contributed by atoms with Crippen molar-refractivity contribution in [3.05, 3.63) is 23.2 Å². The molecule has 3 nitrogen and oxygen atoms in total. The average molecular weight is 295 g/mol. The summed E-state index contributed by atoms with van der Waals surface area (Å²) in [6.45, 7) is 0. The van der Waals surface area contributed by atoms with Gasteiger partial charge in [0.25, 0.3) is 9.05 Å². The van der Waals surface area contributed by atoms with Gasteiger partial charge in [0.1, 0.15) is 15.7 Å². The van der Waals surface area contributed by atoms with Crippen molar-refractivity contribution < 1.29 is 26.3 Å². The Bertz CT molecular complexity index is 498. The Balaban J connectivity index is 3.25. The maximum atomic E-state index is 11.9. The molecule has 0 unspecified atom stereocenters. The van der Waals surface area contributed by atoms with Gasteiger partial charge in [0.15, 0.2) is 0 Å². The van der Waals surface area contributed by atoms with E-state index in [4.69, 9.17) is 22.3 Å². The van der Waals surface area contributed by atoms with E-state index in [1.165, 1.54) is 0 Å². The average Bonchev–Trinajstić information content (AvgIpc) is 2.04. The minimum absolute atomic E-state index is 0.641. The fourth-order valence-corrected chi connectivity index (χ4v) is 2.41. The first-order valence-electron chi connectivity index (χ1n) is 3.60. The summed E-state index contributed by atoms with van der Waals surface area (Å²) in [6, 6.07) is 2.87. The normalized spacial score (nSPS) is 12.6. The number of rotatable bonds is 2. The van der Waals surface area contributed by atoms with Gasteiger partial charge in [0.2, 0.25) is 0 Å². The molecular formula is C7H3Cl2F3O3S. The van der Waals surface area contributed by atoms with Crippen LogP contribution in [0.3, 0.4) is 0 Å². The molecule has 0 saturated carbocycles. The number of hydrogen-bond acceptors (Lipinski definition) is 3. The number of hydrogen-bond donors (Lipinski definition) is 0. The minimum atomic E-state index is -4.96. The SMILES string of the molecule is O=S(=O)(Cl)c1cccc(OC(F)(F)F)c1Cl. The van der Waals surface area contributed by atoms with Crippen LogP contribution in [0.25, 0.3) is 0 Å². The highest BCUT2D eigenvalue weighted by Gasteiger charge is 2.33. The second-order valence-corrected chi connectivity index (χ2v) is 5.47. The van der Waals surface area contributed by atoms with E-state index in [0.29, 0.717) is 0 Å². The first kappa shape index (κ1) is 13.4. The van der Waals surface area contributed by atoms with Gasteiger partial charge in [-0.15, -0.1) is 13.2 Å². The minimum Gasteiger partial charge on any atom is -0.404 e. The van der Waals surface area contributed by atoms with Crippen LogP contribution in [-0.4, -0.2) is 14.8 Å². The topological polar surface area (TPSA) is 43.4 Å². The second-order valence-electron chi connectivity index (χ2n) is 2.55. The molecule has 1 rings (SSSR count). The third kappa shape index (κ3) is 3.43. The van der Waals surface area contributed by atoms with E-state index >= 15 is 0 Å². The van der Waals surface area contributed by atoms with Crippen LogP contribution in [-0.2, 0) is 9.05 Å². The highest BCUT2D eigenvalue weighted by atomic mass is 35.7. The second kappa shape index (κ2) is 4.31. The molecule has 1 aromatic carbocycles. The molecule has 0 saturated heterocycles. The molecule has 0 aliphatic heterocycles. The molecule has 0 heterocycles. The summed E-state index contributed by atoms with van der Waals surface area (Å²) in [5.41, 5.74) is 0. The zero-order chi connectivity index (χ0) is 12.6. The molecule has 0 aromatic heterocycles. The molecule has 1 aromatic rings. The fraction of sp³-hybridized carbons (Fsp3) is 0.143. The van der Waals surface area contributed by atoms with Gasteiger partial charge in [-0.3, -0.25) is 0 Å². The van der Waals surface area contributed by atoms with E-state index in [0.717, 1.165) is 18.2 Å². The van der Waals surface area contributed by atoms with E-state index in [1.807, 2.05) is 0 Å². The molecule has 0 amide bonds. The van der Waals surface area contributed by atoms with Crippen molar-refractivity contribution in [2.45, 2.75) is 11.3 Å². The zero-order valence-corrected chi connectivity index (χ0v) is 9.58. The van der Waals surface area contributed by atoms with Gasteiger partial charge in [-0.05, 0) is 12.1 Å². The Morgan fingerprint density at radius 3 is 2.25 bits per heavy atom. The van der Waals surface area contributed by atoms with Crippen molar-refractivity contribution in [1.82, 2.24) is 0 Å². The number of ether oxygens (including phenoxy) is 1. The lowest BCUT2D eigenvalue weighted by Gasteiger charge is -2.11. The number of alkyl halides is 3. The Labute approximate surface area is 98.1 Å². The van der Waals surface area contributed by atoms with Crippen molar-refractivity contribution in [3.63, 3.8) is 0 Å². The summed E-state index contributed by atoms with van der Waals surface area (Å²) in [5, 5.41) is -0.713. The van der Waals surface area contributed by atoms with Gasteiger partial charge in [-0.2, -0.15) is 0 Å². The summed E-state index contributed by atoms with van der Waals surface area (Å²) < 4.78 is 61.0. The molecule has 0 N–H and O–H groups in total. The third-order valence-corrected chi connectivity index (χ3v) is 3.28. The maximum Gasteiger partial charge on any atom is 0.573 e. The van der Waals surface area contributed by atoms with Gasteiger partial charge < -0.3 is 4.74 Å². The van der Waals surface area contributed by atoms with Crippen molar-refractivity contribution in [2.24, 2.45) is 0 Å². The van der Waals surface area contributed by atoms with Crippen LogP contribution in [0.4, 0.5) is 13.2 Å². The van der Waals surface area contributed by atoms with E-state index < -0.39 is 31.1 Å². The van der Waals surface area contributed by atoms with Gasteiger partial charge in [-0.25, -0.2) is 8.42 Å². The van der Waals surface area contributed by atoms with Crippen LogP contribution in [0, 0.1) is 0 Å². The molecule has 16 heavy (non-hydrogen) atoms. The molecule has 0 fully saturated rings. The molecule has 0 aliphatic rings. The van der Waals surface area contributed by atoms with Crippen LogP contribution in [0.1, 0.15) is 0 Å². The van der Waals surface area contributed by atoms with Crippen molar-refractivity contribution in [2.75, 3.05) is 0 Å². The monoisotopic (exact) mass is 294 g/mol. The van der Waals surface area contributed by atoms with Gasteiger partial charge >= 0.3 is 6.36 Å². The fourth-order valence-electron chi connectivity index (χ4n) is 0.882. The quantitative estimate of drug-likeness (QED) is 0.787. The van der Waals surface area contributed by atoms with Gasteiger partial charge in [0.05, 0.1) is 0 Å². The van der Waals surface area contributed by atoms with Gasteiger partial charge in [-0.1, -0.05) is 17.7 Å². The Hall–Kier alpha value is -0.660. The standard InChI is InChI=1S/C7H3Cl2F3O3S/c8-6-4(15-7(10,11)12)2-1-3-5(6)16(9,13)14/h1-3H. The van der Waals surface area contributed by atoms with Crippen LogP contribution in [0.2, 0.25) is 5.02 Å². The summed E-state index contributed by atoms with van der Waals surface area (Å²) in [4.78, 5) is -0.641. The lowest BCUT2D eigenvalue weighted by molar-refractivity contribution is -0.274. The number of benzene rings is 1. The van der Waals surface area contributed by atoms with Crippen molar-refractivity contribution in [3.8, 4) is 5.75 Å². The Morgan fingerprint density at radius 1 is 1.25 bits per heavy atom. The Kier molecular flexibility index (Phi) is 3.61. The maximum absolute atomic E-state index is 11.9. The van der Waals surface area contributed by atoms with Gasteiger partial charge in [0, 0.05) is 10.7 Å². The van der Waals surface area contributed by atoms with Crippen LogP contribution in [0.15, 0.2) is 23.1 Å². The lowest BCUT2D eigenvalue weighted by atomic mass is 10.3. The van der Waals surface area contributed by atoms with E-state index in [1.54, 1.807) is 0 Å². The molecule has 0 bridgehead atoms. The molecule has 90 valence electrons. The molecule has 9 heteroatoms. The van der Waals surface area contributed by atoms with E-state index in [-0.39, 0.29) is 0 Å². The summed E-state index contributed by atoms with van der Waals surface area (Å²) in [6.07, 6.45) is -4.96. The molecule has 0 atom stereocenters. The summed E-state index contributed by atoms with van der Waals surface area (Å²) >= 11 is 5.41. The highest BCUT2D eigenvalue weighted by Crippen LogP contribution is 2.35. The smallest absolute Gasteiger partial charge is 0.404 e. The lowest BCUT2D eigenvalue weighted by Crippen LogP contribution is -2.17. The molecule has 0 spiro atoms. The molecule has 0 radical (unpaired) electrons. The van der Waals surface area contributed by atoms with Crippen molar-refractivity contribution in [1.29, 1.82) is 0 Å². The molecule has 0 aliphatic carbocycles. The third-order valence-electron chi connectivity index (χ3n) is 1.42. The van der Waals surface area contributed by atoms with Crippen molar-refractivity contribution >= 4 is 31.3 Å². The van der Waals surface area contributed by atoms with E-state index in [9.17, 15) is 21.6 Å². The van der Waals surface area contributed by atoms with Crippen LogP contribution < -0.4 is 4.74 Å². The summed E-state index contributed by atoms with van der Waals surface area (Å²) in [5.74, 6) is -0.823. The Morgan fingerprint density at radius 2 is 1.81 bits per heavy atom. The number of halogens is 5. The summed E-state index contributed by atoms with van der Waals surface area (Å²) in [7, 11) is 0.739. The van der Waals surface area contributed by atoms with Crippen LogP contribution >= 0.6 is 22.3 Å². The zero-order valence-electron chi connectivity index (χ0n) is 7.25. The predicted octanol–water partition coefficient (Wildman–Crippen LogP) is 3.17. The van der Waals surface area contributed by atoms with Crippen LogP contribution in [0.5, 0.6) is 5.75 Å².